The van der Waals surface area contributed by atoms with Crippen molar-refractivity contribution in [2.75, 3.05) is 6.54 Å². The summed E-state index contributed by atoms with van der Waals surface area (Å²) in [6.07, 6.45) is 9.83. The van der Waals surface area contributed by atoms with E-state index in [2.05, 4.69) is 54.6 Å². The van der Waals surface area contributed by atoms with E-state index < -0.39 is 0 Å². The number of rotatable bonds is 5. The fourth-order valence-corrected chi connectivity index (χ4v) is 3.85. The Morgan fingerprint density at radius 2 is 1.92 bits per heavy atom. The quantitative estimate of drug-likeness (QED) is 0.650. The number of nitrogens with one attached hydrogen (secondary N) is 1. The second kappa shape index (κ2) is 9.45. The van der Waals surface area contributed by atoms with E-state index in [0.717, 1.165) is 37.9 Å². The molecule has 138 valence electrons. The van der Waals surface area contributed by atoms with E-state index in [-0.39, 0.29) is 16.9 Å². The van der Waals surface area contributed by atoms with Crippen LogP contribution in [0.1, 0.15) is 65.4 Å². The molecule has 0 saturated heterocycles. The van der Waals surface area contributed by atoms with Gasteiger partial charge in [0.1, 0.15) is 5.82 Å². The van der Waals surface area contributed by atoms with Crippen LogP contribution in [0.5, 0.6) is 0 Å². The summed E-state index contributed by atoms with van der Waals surface area (Å²) in [5.41, 5.74) is 1.28. The van der Waals surface area contributed by atoms with Crippen molar-refractivity contribution < 1.29 is 9.59 Å². The maximum atomic E-state index is 10.3. The molecule has 1 aliphatic carbocycles. The lowest BCUT2D eigenvalue weighted by Gasteiger charge is -2.44. The van der Waals surface area contributed by atoms with E-state index in [0.29, 0.717) is 6.54 Å². The Balaban J connectivity index is 0.000000293. The molecule has 2 atom stereocenters. The number of carbonyl (C=O) groups excluding carboxylic acids is 2. The topological polar surface area (TPSA) is 87.5 Å². The average molecular weight is 346 g/mol. The molecule has 6 heteroatoms. The zero-order chi connectivity index (χ0) is 18.9. The predicted octanol–water partition coefficient (Wildman–Crippen LogP) is 3.78. The molecular weight excluding hydrogens is 316 g/mol. The maximum Gasteiger partial charge on any atom is 0.235 e. The van der Waals surface area contributed by atoms with Crippen LogP contribution in [0.2, 0.25) is 0 Å². The first-order valence-electron chi connectivity index (χ1n) is 8.91. The van der Waals surface area contributed by atoms with Gasteiger partial charge < -0.3 is 4.98 Å². The summed E-state index contributed by atoms with van der Waals surface area (Å²) >= 11 is 0. The van der Waals surface area contributed by atoms with E-state index >= 15 is 0 Å². The number of hydrogen-bond donors (Lipinski definition) is 1. The summed E-state index contributed by atoms with van der Waals surface area (Å²) in [4.78, 5) is 35.4. The Kier molecular flexibility index (Phi) is 7.95. The Morgan fingerprint density at radius 3 is 2.40 bits per heavy atom. The van der Waals surface area contributed by atoms with Gasteiger partial charge in [-0.25, -0.2) is 24.6 Å². The highest BCUT2D eigenvalue weighted by atomic mass is 16.1. The van der Waals surface area contributed by atoms with Gasteiger partial charge in [0, 0.05) is 18.3 Å². The fourth-order valence-electron chi connectivity index (χ4n) is 3.85. The van der Waals surface area contributed by atoms with Crippen LogP contribution in [0, 0.1) is 10.8 Å². The van der Waals surface area contributed by atoms with Crippen LogP contribution in [0.25, 0.3) is 0 Å². The van der Waals surface area contributed by atoms with Gasteiger partial charge in [-0.3, -0.25) is 0 Å². The van der Waals surface area contributed by atoms with E-state index in [1.807, 2.05) is 6.20 Å². The number of nitrogens with zero attached hydrogens (tertiary/aromatic N) is 3. The third-order valence-corrected chi connectivity index (χ3v) is 4.58. The van der Waals surface area contributed by atoms with Gasteiger partial charge in [0.05, 0.1) is 12.6 Å². The van der Waals surface area contributed by atoms with Gasteiger partial charge in [0.25, 0.3) is 0 Å². The summed E-state index contributed by atoms with van der Waals surface area (Å²) < 4.78 is 0. The van der Waals surface area contributed by atoms with E-state index in [9.17, 15) is 9.59 Å². The van der Waals surface area contributed by atoms with Crippen molar-refractivity contribution in [1.29, 1.82) is 0 Å². The standard InChI is InChI=1S/C12H18N2O2.C7H12N2/c1-11(2)4-10(14-9-16)5-12(3,6-11)7-13-8-15;1-3-6-5-8-7(4-2)9-6/h10H,4-7H2,1-3H3;5H,3-4H2,1-2H3,(H,8,9). The lowest BCUT2D eigenvalue weighted by molar-refractivity contribution is 0.0915. The highest BCUT2D eigenvalue weighted by molar-refractivity contribution is 5.34. The summed E-state index contributed by atoms with van der Waals surface area (Å²) in [5, 5.41) is 0. The Hall–Kier alpha value is -2.03. The van der Waals surface area contributed by atoms with Gasteiger partial charge in [0.2, 0.25) is 12.2 Å². The summed E-state index contributed by atoms with van der Waals surface area (Å²) in [7, 11) is 0. The van der Waals surface area contributed by atoms with Gasteiger partial charge in [-0.05, 0) is 36.5 Å². The highest BCUT2D eigenvalue weighted by Gasteiger charge is 2.41. The molecule has 1 aromatic heterocycles. The molecule has 0 spiro atoms. The van der Waals surface area contributed by atoms with Crippen LogP contribution in [0.15, 0.2) is 16.2 Å². The van der Waals surface area contributed by atoms with Crippen LogP contribution in [-0.2, 0) is 22.4 Å². The first-order chi connectivity index (χ1) is 11.8. The minimum atomic E-state index is -0.0653. The highest BCUT2D eigenvalue weighted by Crippen LogP contribution is 2.47. The SMILES string of the molecule is CC1(C)CC(N=C=O)CC(C)(CN=C=O)C1.CCc1cnc(CC)[nH]1. The van der Waals surface area contributed by atoms with Crippen molar-refractivity contribution >= 4 is 12.2 Å². The summed E-state index contributed by atoms with van der Waals surface area (Å²) in [5.74, 6) is 1.09. The molecule has 2 rings (SSSR count). The number of aromatic amines is 1. The molecule has 6 nitrogen and oxygen atoms in total. The lowest BCUT2D eigenvalue weighted by Crippen LogP contribution is -2.39. The van der Waals surface area contributed by atoms with Gasteiger partial charge in [0.15, 0.2) is 0 Å². The van der Waals surface area contributed by atoms with Crippen molar-refractivity contribution in [3.63, 3.8) is 0 Å². The Bertz CT molecular complexity index is 621. The minimum absolute atomic E-state index is 0.00750. The Labute approximate surface area is 150 Å². The van der Waals surface area contributed by atoms with Gasteiger partial charge in [-0.1, -0.05) is 34.6 Å². The van der Waals surface area contributed by atoms with E-state index in [4.69, 9.17) is 0 Å². The second-order valence-electron chi connectivity index (χ2n) is 7.90. The molecule has 1 fully saturated rings. The second-order valence-corrected chi connectivity index (χ2v) is 7.90. The smallest absolute Gasteiger partial charge is 0.235 e. The molecule has 0 radical (unpaired) electrons. The lowest BCUT2D eigenvalue weighted by atomic mass is 9.63. The number of aliphatic imine (C=N–C) groups is 2. The minimum Gasteiger partial charge on any atom is -0.346 e. The van der Waals surface area contributed by atoms with Crippen molar-refractivity contribution in [3.05, 3.63) is 17.7 Å². The number of H-pyrrole nitrogens is 1. The molecule has 1 aromatic rings. The van der Waals surface area contributed by atoms with Crippen molar-refractivity contribution in [2.24, 2.45) is 20.8 Å². The average Bonchev–Trinajstić information content (AvgIpc) is 3.00. The van der Waals surface area contributed by atoms with Gasteiger partial charge in [-0.15, -0.1) is 0 Å². The van der Waals surface area contributed by atoms with Gasteiger partial charge >= 0.3 is 0 Å². The zero-order valence-electron chi connectivity index (χ0n) is 16.1. The first-order valence-corrected chi connectivity index (χ1v) is 8.91. The summed E-state index contributed by atoms with van der Waals surface area (Å²) in [6.45, 7) is 11.1. The third-order valence-electron chi connectivity index (χ3n) is 4.58. The maximum absolute atomic E-state index is 10.3. The van der Waals surface area contributed by atoms with Crippen LogP contribution in [0.4, 0.5) is 0 Å². The molecule has 1 saturated carbocycles. The van der Waals surface area contributed by atoms with Crippen molar-refractivity contribution in [3.8, 4) is 0 Å². The molecule has 1 aliphatic rings. The third kappa shape index (κ3) is 7.16. The van der Waals surface area contributed by atoms with E-state index in [1.165, 1.54) is 5.69 Å². The molecule has 1 heterocycles. The number of hydrogen-bond acceptors (Lipinski definition) is 5. The van der Waals surface area contributed by atoms with Crippen molar-refractivity contribution in [1.82, 2.24) is 9.97 Å². The monoisotopic (exact) mass is 346 g/mol. The molecule has 0 aromatic carbocycles. The molecule has 0 aliphatic heterocycles. The van der Waals surface area contributed by atoms with E-state index in [1.54, 1.807) is 12.2 Å². The zero-order valence-corrected chi connectivity index (χ0v) is 16.1. The molecule has 1 N–H and O–H groups in total. The number of imidazole rings is 1. The van der Waals surface area contributed by atoms with Crippen LogP contribution in [-0.4, -0.2) is 34.7 Å². The fraction of sp³-hybridized carbons (Fsp3) is 0.737. The number of aromatic nitrogens is 2. The molecule has 0 amide bonds. The summed E-state index contributed by atoms with van der Waals surface area (Å²) in [6, 6.07) is 0.00750. The number of aryl methyl sites for hydroxylation is 2. The molecule has 0 bridgehead atoms. The van der Waals surface area contributed by atoms with Crippen molar-refractivity contribution in [2.45, 2.75) is 72.8 Å². The number of isocyanates is 2. The molecule has 2 unspecified atom stereocenters. The van der Waals surface area contributed by atoms with Gasteiger partial charge in [-0.2, -0.15) is 0 Å². The van der Waals surface area contributed by atoms with Crippen LogP contribution < -0.4 is 0 Å². The predicted molar refractivity (Wildman–Crippen MR) is 98.0 cm³/mol. The molecule has 25 heavy (non-hydrogen) atoms. The van der Waals surface area contributed by atoms with Crippen LogP contribution in [0.3, 0.4) is 0 Å². The first kappa shape index (κ1) is 21.0. The Morgan fingerprint density at radius 1 is 1.20 bits per heavy atom. The largest absolute Gasteiger partial charge is 0.346 e. The molecular formula is C19H30N4O2. The van der Waals surface area contributed by atoms with Crippen LogP contribution >= 0.6 is 0 Å². The normalized spacial score (nSPS) is 24.3.